The maximum absolute atomic E-state index is 12.5. The highest BCUT2D eigenvalue weighted by molar-refractivity contribution is 7.21. The summed E-state index contributed by atoms with van der Waals surface area (Å²) in [6.45, 7) is 1.41. The SMILES string of the molecule is CNC[C@@H]1CNc2c(sc3ccc4nc(Cl)ccc4c23)C(=O)N1. The van der Waals surface area contributed by atoms with E-state index in [-0.39, 0.29) is 11.9 Å². The Morgan fingerprint density at radius 2 is 2.26 bits per heavy atom. The molecule has 0 fully saturated rings. The molecule has 1 atom stereocenters. The number of nitrogens with one attached hydrogen (secondary N) is 3. The molecule has 0 spiro atoms. The number of benzene rings is 1. The maximum atomic E-state index is 12.5. The molecule has 3 aromatic rings. The first-order chi connectivity index (χ1) is 11.2. The molecule has 3 heterocycles. The van der Waals surface area contributed by atoms with Crippen LogP contribution in [0.25, 0.3) is 21.0 Å². The second-order valence-electron chi connectivity index (χ2n) is 5.55. The van der Waals surface area contributed by atoms with Gasteiger partial charge < -0.3 is 16.0 Å². The van der Waals surface area contributed by atoms with Crippen molar-refractivity contribution in [3.8, 4) is 0 Å². The van der Waals surface area contributed by atoms with Gasteiger partial charge in [0.05, 0.1) is 17.2 Å². The lowest BCUT2D eigenvalue weighted by Gasteiger charge is -2.15. The van der Waals surface area contributed by atoms with Crippen LogP contribution >= 0.6 is 22.9 Å². The van der Waals surface area contributed by atoms with Crippen LogP contribution < -0.4 is 16.0 Å². The van der Waals surface area contributed by atoms with Gasteiger partial charge in [-0.2, -0.15) is 0 Å². The highest BCUT2D eigenvalue weighted by atomic mass is 35.5. The predicted octanol–water partition coefficient (Wildman–Crippen LogP) is 2.85. The van der Waals surface area contributed by atoms with Crippen LogP contribution in [0, 0.1) is 0 Å². The minimum Gasteiger partial charge on any atom is -0.381 e. The van der Waals surface area contributed by atoms with Crippen LogP contribution in [0.3, 0.4) is 0 Å². The van der Waals surface area contributed by atoms with Crippen molar-refractivity contribution < 1.29 is 4.79 Å². The number of hydrogen-bond donors (Lipinski definition) is 3. The Balaban J connectivity index is 1.92. The largest absolute Gasteiger partial charge is 0.381 e. The molecule has 0 unspecified atom stereocenters. The zero-order valence-corrected chi connectivity index (χ0v) is 14.0. The van der Waals surface area contributed by atoms with Gasteiger partial charge in [-0.25, -0.2) is 4.98 Å². The van der Waals surface area contributed by atoms with E-state index in [0.29, 0.717) is 11.7 Å². The molecule has 7 heteroatoms. The van der Waals surface area contributed by atoms with E-state index >= 15 is 0 Å². The number of amides is 1. The average molecular weight is 347 g/mol. The topological polar surface area (TPSA) is 66.0 Å². The number of pyridine rings is 1. The van der Waals surface area contributed by atoms with Crippen molar-refractivity contribution in [2.75, 3.05) is 25.5 Å². The number of hydrogen-bond acceptors (Lipinski definition) is 5. The smallest absolute Gasteiger partial charge is 0.263 e. The summed E-state index contributed by atoms with van der Waals surface area (Å²) in [5, 5.41) is 12.1. The summed E-state index contributed by atoms with van der Waals surface area (Å²) in [5.41, 5.74) is 1.74. The van der Waals surface area contributed by atoms with Gasteiger partial charge in [-0.3, -0.25) is 4.79 Å². The zero-order chi connectivity index (χ0) is 16.0. The molecule has 4 rings (SSSR count). The van der Waals surface area contributed by atoms with Gasteiger partial charge >= 0.3 is 0 Å². The second kappa shape index (κ2) is 5.63. The molecule has 1 amide bonds. The van der Waals surface area contributed by atoms with Gasteiger partial charge in [0.25, 0.3) is 5.91 Å². The zero-order valence-electron chi connectivity index (χ0n) is 12.4. The van der Waals surface area contributed by atoms with Gasteiger partial charge in [0.1, 0.15) is 10.0 Å². The molecule has 0 saturated carbocycles. The van der Waals surface area contributed by atoms with Crippen molar-refractivity contribution in [3.05, 3.63) is 34.3 Å². The van der Waals surface area contributed by atoms with Crippen molar-refractivity contribution >= 4 is 55.5 Å². The highest BCUT2D eigenvalue weighted by Crippen LogP contribution is 2.40. The van der Waals surface area contributed by atoms with Gasteiger partial charge in [-0.1, -0.05) is 11.6 Å². The van der Waals surface area contributed by atoms with Gasteiger partial charge in [0, 0.05) is 28.6 Å². The number of nitrogens with zero attached hydrogens (tertiary/aromatic N) is 1. The van der Waals surface area contributed by atoms with Crippen LogP contribution in [0.2, 0.25) is 5.15 Å². The quantitative estimate of drug-likeness (QED) is 0.624. The molecule has 0 aliphatic carbocycles. The third-order valence-corrected chi connectivity index (χ3v) is 5.37. The monoisotopic (exact) mass is 346 g/mol. The van der Waals surface area contributed by atoms with E-state index in [1.165, 1.54) is 11.3 Å². The van der Waals surface area contributed by atoms with Crippen molar-refractivity contribution in [2.24, 2.45) is 0 Å². The summed E-state index contributed by atoms with van der Waals surface area (Å²) in [7, 11) is 1.88. The van der Waals surface area contributed by atoms with E-state index in [9.17, 15) is 4.79 Å². The van der Waals surface area contributed by atoms with Gasteiger partial charge in [-0.15, -0.1) is 11.3 Å². The number of carbonyl (C=O) groups is 1. The van der Waals surface area contributed by atoms with Crippen LogP contribution in [0.1, 0.15) is 9.67 Å². The molecule has 1 aliphatic heterocycles. The van der Waals surface area contributed by atoms with Gasteiger partial charge in [0.15, 0.2) is 0 Å². The second-order valence-corrected chi connectivity index (χ2v) is 6.99. The molecule has 1 aliphatic rings. The summed E-state index contributed by atoms with van der Waals surface area (Å²) in [6, 6.07) is 7.76. The summed E-state index contributed by atoms with van der Waals surface area (Å²) in [6.07, 6.45) is 0. The summed E-state index contributed by atoms with van der Waals surface area (Å²) >= 11 is 7.50. The van der Waals surface area contributed by atoms with E-state index in [4.69, 9.17) is 11.6 Å². The Labute approximate surface area is 142 Å². The molecular formula is C16H15ClN4OS. The number of anilines is 1. The van der Waals surface area contributed by atoms with E-state index in [1.54, 1.807) is 6.07 Å². The summed E-state index contributed by atoms with van der Waals surface area (Å²) in [4.78, 5) is 17.6. The number of carbonyl (C=O) groups excluding carboxylic acids is 1. The number of likely N-dealkylation sites (N-methyl/N-ethyl adjacent to an activating group) is 1. The molecule has 0 bridgehead atoms. The Bertz CT molecular complexity index is 923. The first-order valence-corrected chi connectivity index (χ1v) is 8.58. The Morgan fingerprint density at radius 3 is 3.09 bits per heavy atom. The van der Waals surface area contributed by atoms with Crippen molar-refractivity contribution in [3.63, 3.8) is 0 Å². The molecule has 0 saturated heterocycles. The lowest BCUT2D eigenvalue weighted by Crippen LogP contribution is -2.43. The van der Waals surface area contributed by atoms with Crippen LogP contribution in [0.5, 0.6) is 0 Å². The summed E-state index contributed by atoms with van der Waals surface area (Å²) in [5.74, 6) is -0.0264. The lowest BCUT2D eigenvalue weighted by molar-refractivity contribution is 0.0946. The number of thiophene rings is 1. The minimum absolute atomic E-state index is 0.0264. The molecule has 23 heavy (non-hydrogen) atoms. The Morgan fingerprint density at radius 1 is 1.39 bits per heavy atom. The first kappa shape index (κ1) is 14.7. The fraction of sp³-hybridized carbons (Fsp3) is 0.250. The normalized spacial score (nSPS) is 17.7. The Hall–Kier alpha value is -1.89. The highest BCUT2D eigenvalue weighted by Gasteiger charge is 2.26. The fourth-order valence-electron chi connectivity index (χ4n) is 3.00. The van der Waals surface area contributed by atoms with Gasteiger partial charge in [0.2, 0.25) is 0 Å². The standard InChI is InChI=1S/C16H15ClN4OS/c1-18-6-8-7-19-14-13-9-2-5-12(17)21-10(9)3-4-11(13)23-15(14)16(22)20-8/h2-5,8,18-19H,6-7H2,1H3,(H,20,22)/t8-/m1/s1. The third-order valence-electron chi connectivity index (χ3n) is 4.01. The first-order valence-electron chi connectivity index (χ1n) is 7.38. The van der Waals surface area contributed by atoms with Crippen LogP contribution in [-0.2, 0) is 0 Å². The molecule has 118 valence electrons. The Kier molecular flexibility index (Phi) is 3.60. The van der Waals surface area contributed by atoms with Crippen molar-refractivity contribution in [2.45, 2.75) is 6.04 Å². The van der Waals surface area contributed by atoms with Crippen LogP contribution in [0.4, 0.5) is 5.69 Å². The number of fused-ring (bicyclic) bond motifs is 5. The molecule has 2 aromatic heterocycles. The molecule has 3 N–H and O–H groups in total. The average Bonchev–Trinajstić information content (AvgIpc) is 2.84. The number of rotatable bonds is 2. The fourth-order valence-corrected chi connectivity index (χ4v) is 4.25. The molecule has 5 nitrogen and oxygen atoms in total. The predicted molar refractivity (Wildman–Crippen MR) is 95.8 cm³/mol. The van der Waals surface area contributed by atoms with Gasteiger partial charge in [-0.05, 0) is 31.3 Å². The molecule has 1 aromatic carbocycles. The van der Waals surface area contributed by atoms with Crippen LogP contribution in [-0.4, -0.2) is 37.1 Å². The molecular weight excluding hydrogens is 332 g/mol. The minimum atomic E-state index is -0.0264. The third kappa shape index (κ3) is 2.43. The number of aromatic nitrogens is 1. The van der Waals surface area contributed by atoms with E-state index in [0.717, 1.165) is 38.1 Å². The van der Waals surface area contributed by atoms with Crippen LogP contribution in [0.15, 0.2) is 24.3 Å². The van der Waals surface area contributed by atoms with E-state index in [1.807, 2.05) is 25.2 Å². The summed E-state index contributed by atoms with van der Waals surface area (Å²) < 4.78 is 1.07. The maximum Gasteiger partial charge on any atom is 0.263 e. The molecule has 0 radical (unpaired) electrons. The van der Waals surface area contributed by atoms with Crippen molar-refractivity contribution in [1.82, 2.24) is 15.6 Å². The van der Waals surface area contributed by atoms with E-state index < -0.39 is 0 Å². The number of halogens is 1. The lowest BCUT2D eigenvalue weighted by atomic mass is 10.1. The van der Waals surface area contributed by atoms with Crippen molar-refractivity contribution in [1.29, 1.82) is 0 Å². The van der Waals surface area contributed by atoms with E-state index in [2.05, 4.69) is 20.9 Å².